The Morgan fingerprint density at radius 3 is 0.944 bits per heavy atom. The first kappa shape index (κ1) is 20.0. The fourth-order valence-corrected chi connectivity index (χ4v) is 12.6. The average molecular weight is 533 g/mol. The van der Waals surface area contributed by atoms with Gasteiger partial charge in [0, 0.05) is 43.3 Å². The van der Waals surface area contributed by atoms with Crippen LogP contribution in [-0.2, 0) is 0 Å². The second-order valence-corrected chi connectivity index (χ2v) is 15.6. The Balaban J connectivity index is 1.01. The van der Waals surface area contributed by atoms with Crippen LogP contribution < -0.4 is 0 Å². The van der Waals surface area contributed by atoms with Crippen molar-refractivity contribution < 1.29 is 0 Å². The Hall–Kier alpha value is -1.98. The van der Waals surface area contributed by atoms with E-state index in [1.165, 1.54) is 62.4 Å². The third-order valence-corrected chi connectivity index (χ3v) is 14.5. The molecule has 4 bridgehead atoms. The van der Waals surface area contributed by atoms with Crippen LogP contribution in [0.2, 0.25) is 0 Å². The summed E-state index contributed by atoms with van der Waals surface area (Å²) in [6, 6.07) is 19.7. The molecule has 0 radical (unpaired) electrons. The van der Waals surface area contributed by atoms with E-state index in [2.05, 4.69) is 72.8 Å². The maximum Gasteiger partial charge on any atom is 0.0706 e. The summed E-state index contributed by atoms with van der Waals surface area (Å²) in [4.78, 5) is 5.71. The van der Waals surface area contributed by atoms with Gasteiger partial charge in [-0.05, 0) is 80.9 Å². The summed E-state index contributed by atoms with van der Waals surface area (Å²) in [7, 11) is 0. The molecule has 36 heavy (non-hydrogen) atoms. The van der Waals surface area contributed by atoms with Crippen molar-refractivity contribution in [3.8, 4) is 0 Å². The molecule has 0 saturated heterocycles. The van der Waals surface area contributed by atoms with E-state index < -0.39 is 0 Å². The number of rotatable bonds is 0. The van der Waals surface area contributed by atoms with Gasteiger partial charge in [-0.3, -0.25) is 0 Å². The zero-order valence-electron chi connectivity index (χ0n) is 19.3. The molecule has 2 aliphatic heterocycles. The SMILES string of the molecule is C1=CC2CC1c1cc3cc4c(cc3cc12)SC(=C1Sc2cc3cc5c(cc3cc2S1)C1C=CC5C1)S4. The summed E-state index contributed by atoms with van der Waals surface area (Å²) in [5, 5.41) is 5.63. The fraction of sp³-hybridized carbons (Fsp3) is 0.188. The summed E-state index contributed by atoms with van der Waals surface area (Å²) < 4.78 is 2.91. The summed E-state index contributed by atoms with van der Waals surface area (Å²) >= 11 is 7.91. The Bertz CT molecular complexity index is 1570. The van der Waals surface area contributed by atoms with Crippen LogP contribution in [-0.4, -0.2) is 0 Å². The molecule has 6 aliphatic rings. The minimum absolute atomic E-state index is 0.648. The largest absolute Gasteiger partial charge is 0.0804 e. The highest BCUT2D eigenvalue weighted by molar-refractivity contribution is 8.30. The van der Waals surface area contributed by atoms with Crippen LogP contribution in [0.15, 0.2) is 101 Å². The van der Waals surface area contributed by atoms with E-state index >= 15 is 0 Å². The molecule has 0 saturated carbocycles. The van der Waals surface area contributed by atoms with Crippen molar-refractivity contribution >= 4 is 68.6 Å². The van der Waals surface area contributed by atoms with Crippen molar-refractivity contribution in [3.05, 3.63) is 104 Å². The van der Waals surface area contributed by atoms with Crippen molar-refractivity contribution in [1.82, 2.24) is 0 Å². The number of fused-ring (bicyclic) bond motifs is 14. The lowest BCUT2D eigenvalue weighted by Gasteiger charge is -2.12. The van der Waals surface area contributed by atoms with Gasteiger partial charge >= 0.3 is 0 Å². The average Bonchev–Trinajstić information content (AvgIpc) is 3.73. The lowest BCUT2D eigenvalue weighted by molar-refractivity contribution is 0.805. The highest BCUT2D eigenvalue weighted by atomic mass is 32.2. The van der Waals surface area contributed by atoms with Gasteiger partial charge in [0.05, 0.1) is 8.47 Å². The zero-order valence-corrected chi connectivity index (χ0v) is 22.6. The summed E-state index contributed by atoms with van der Waals surface area (Å²) in [5.41, 5.74) is 6.29. The number of hydrogen-bond donors (Lipinski definition) is 0. The second-order valence-electron chi connectivity index (χ2n) is 10.9. The van der Waals surface area contributed by atoms with Gasteiger partial charge in [0.25, 0.3) is 0 Å². The third kappa shape index (κ3) is 2.64. The van der Waals surface area contributed by atoms with Crippen molar-refractivity contribution in [3.63, 3.8) is 0 Å². The molecule has 4 heteroatoms. The van der Waals surface area contributed by atoms with E-state index in [0.717, 1.165) is 0 Å². The van der Waals surface area contributed by atoms with Gasteiger partial charge in [0.2, 0.25) is 0 Å². The maximum atomic E-state index is 2.48. The molecule has 0 spiro atoms. The first-order valence-electron chi connectivity index (χ1n) is 12.8. The van der Waals surface area contributed by atoms with Crippen LogP contribution in [0.4, 0.5) is 0 Å². The number of benzene rings is 4. The van der Waals surface area contributed by atoms with Gasteiger partial charge in [-0.25, -0.2) is 0 Å². The number of thioether (sulfide) groups is 4. The summed E-state index contributed by atoms with van der Waals surface area (Å²) in [5.74, 6) is 2.59. The highest BCUT2D eigenvalue weighted by Crippen LogP contribution is 2.62. The normalized spacial score (nSPS) is 27.6. The molecule has 4 atom stereocenters. The molecule has 0 aromatic heterocycles. The van der Waals surface area contributed by atoms with Crippen molar-refractivity contribution in [2.75, 3.05) is 0 Å². The van der Waals surface area contributed by atoms with E-state index in [9.17, 15) is 0 Å². The van der Waals surface area contributed by atoms with E-state index in [4.69, 9.17) is 0 Å². The topological polar surface area (TPSA) is 0 Å². The quantitative estimate of drug-likeness (QED) is 0.206. The second kappa shape index (κ2) is 6.91. The molecule has 4 unspecified atom stereocenters. The predicted octanol–water partition coefficient (Wildman–Crippen LogP) is 10.5. The van der Waals surface area contributed by atoms with Crippen LogP contribution in [0.5, 0.6) is 0 Å². The maximum absolute atomic E-state index is 2.48. The van der Waals surface area contributed by atoms with Crippen LogP contribution >= 0.6 is 47.0 Å². The molecule has 172 valence electrons. The Morgan fingerprint density at radius 2 is 0.667 bits per heavy atom. The van der Waals surface area contributed by atoms with Crippen LogP contribution in [0.3, 0.4) is 0 Å². The molecular formula is C32H20S4. The molecule has 0 nitrogen and oxygen atoms in total. The first-order chi connectivity index (χ1) is 17.7. The van der Waals surface area contributed by atoms with Crippen LogP contribution in [0, 0.1) is 0 Å². The van der Waals surface area contributed by atoms with Crippen LogP contribution in [0.1, 0.15) is 58.8 Å². The van der Waals surface area contributed by atoms with Crippen molar-refractivity contribution in [1.29, 1.82) is 0 Å². The molecule has 0 N–H and O–H groups in total. The fourth-order valence-electron chi connectivity index (χ4n) is 7.22. The van der Waals surface area contributed by atoms with Gasteiger partial charge in [-0.15, -0.1) is 0 Å². The third-order valence-electron chi connectivity index (χ3n) is 8.95. The molecule has 0 amide bonds. The molecule has 4 aromatic rings. The van der Waals surface area contributed by atoms with E-state index in [0.29, 0.717) is 23.7 Å². The summed E-state index contributed by atoms with van der Waals surface area (Å²) in [6.07, 6.45) is 12.3. The van der Waals surface area contributed by atoms with E-state index in [1.54, 1.807) is 22.3 Å². The Morgan fingerprint density at radius 1 is 0.389 bits per heavy atom. The van der Waals surface area contributed by atoms with E-state index in [1.807, 2.05) is 47.0 Å². The van der Waals surface area contributed by atoms with Gasteiger partial charge in [-0.1, -0.05) is 95.6 Å². The predicted molar refractivity (Wildman–Crippen MR) is 157 cm³/mol. The summed E-state index contributed by atoms with van der Waals surface area (Å²) in [6.45, 7) is 0. The molecule has 4 aromatic carbocycles. The Labute approximate surface area is 227 Å². The molecule has 0 fully saturated rings. The first-order valence-corrected chi connectivity index (χ1v) is 16.1. The number of allylic oxidation sites excluding steroid dienone is 4. The smallest absolute Gasteiger partial charge is 0.0706 e. The minimum atomic E-state index is 0.648. The monoisotopic (exact) mass is 532 g/mol. The van der Waals surface area contributed by atoms with Crippen molar-refractivity contribution in [2.24, 2.45) is 0 Å². The molecule has 2 heterocycles. The Kier molecular flexibility index (Phi) is 3.84. The van der Waals surface area contributed by atoms with E-state index in [-0.39, 0.29) is 0 Å². The molecule has 10 rings (SSSR count). The lowest BCUT2D eigenvalue weighted by Crippen LogP contribution is -1.93. The number of hydrogen-bond acceptors (Lipinski definition) is 4. The minimum Gasteiger partial charge on any atom is -0.0804 e. The highest BCUT2D eigenvalue weighted by Gasteiger charge is 2.35. The molecule has 4 aliphatic carbocycles. The van der Waals surface area contributed by atoms with Gasteiger partial charge in [0.1, 0.15) is 0 Å². The van der Waals surface area contributed by atoms with Crippen molar-refractivity contribution in [2.45, 2.75) is 56.1 Å². The molecular weight excluding hydrogens is 513 g/mol. The lowest BCUT2D eigenvalue weighted by atomic mass is 9.93. The van der Waals surface area contributed by atoms with Gasteiger partial charge < -0.3 is 0 Å². The van der Waals surface area contributed by atoms with Gasteiger partial charge in [0.15, 0.2) is 0 Å². The van der Waals surface area contributed by atoms with Crippen LogP contribution in [0.25, 0.3) is 21.5 Å². The van der Waals surface area contributed by atoms with Gasteiger partial charge in [-0.2, -0.15) is 0 Å². The standard InChI is InChI=1S/C32H20S4/c1-2-16-5-15(1)23-7-19-11-27-28(12-20(19)8-24(16)23)34-31(33-27)32-35-29-13-21-9-25-17-3-4-18(6-17)26(25)10-22(21)14-30(29)36-32/h1-4,7-18H,5-6H2. The zero-order chi connectivity index (χ0) is 23.1.